The molecular formula is C14H19ClN2S2. The highest BCUT2D eigenvalue weighted by molar-refractivity contribution is 7.16. The Morgan fingerprint density at radius 3 is 2.68 bits per heavy atom. The lowest BCUT2D eigenvalue weighted by Gasteiger charge is -2.31. The molecule has 2 nitrogen and oxygen atoms in total. The zero-order valence-electron chi connectivity index (χ0n) is 11.2. The molecule has 0 fully saturated rings. The topological polar surface area (TPSA) is 29.3 Å². The maximum absolute atomic E-state index is 6.02. The Balaban J connectivity index is 2.05. The van der Waals surface area contributed by atoms with Crippen molar-refractivity contribution >= 4 is 34.3 Å². The minimum Gasteiger partial charge on any atom is -0.329 e. The van der Waals surface area contributed by atoms with E-state index in [1.54, 1.807) is 11.3 Å². The third-order valence-electron chi connectivity index (χ3n) is 3.41. The van der Waals surface area contributed by atoms with Gasteiger partial charge in [0.2, 0.25) is 0 Å². The van der Waals surface area contributed by atoms with Crippen molar-refractivity contribution in [1.82, 2.24) is 4.90 Å². The van der Waals surface area contributed by atoms with E-state index in [4.69, 9.17) is 17.3 Å². The Labute approximate surface area is 127 Å². The van der Waals surface area contributed by atoms with Crippen molar-refractivity contribution in [2.75, 3.05) is 13.6 Å². The maximum Gasteiger partial charge on any atom is 0.0931 e. The largest absolute Gasteiger partial charge is 0.329 e. The molecule has 0 radical (unpaired) electrons. The zero-order chi connectivity index (χ0) is 13.8. The van der Waals surface area contributed by atoms with E-state index in [0.717, 1.165) is 10.8 Å². The van der Waals surface area contributed by atoms with Gasteiger partial charge in [0, 0.05) is 22.3 Å². The standard InChI is InChI=1S/C14H19ClN2S2/c1-10(8-11-4-3-7-18-11)17(2)12(9-16)13-5-6-14(15)19-13/h3-7,10,12H,8-9,16H2,1-2H3. The lowest BCUT2D eigenvalue weighted by Crippen LogP contribution is -2.37. The molecule has 2 aromatic heterocycles. The predicted octanol–water partition coefficient (Wildman–Crippen LogP) is 4.03. The van der Waals surface area contributed by atoms with Gasteiger partial charge in [-0.2, -0.15) is 0 Å². The van der Waals surface area contributed by atoms with Crippen LogP contribution in [0.25, 0.3) is 0 Å². The quantitative estimate of drug-likeness (QED) is 0.872. The Bertz CT molecular complexity index is 495. The summed E-state index contributed by atoms with van der Waals surface area (Å²) < 4.78 is 0.827. The molecule has 0 aliphatic rings. The Kier molecular flexibility index (Phi) is 5.42. The van der Waals surface area contributed by atoms with E-state index in [-0.39, 0.29) is 6.04 Å². The summed E-state index contributed by atoms with van der Waals surface area (Å²) in [5, 5.41) is 2.13. The minimum absolute atomic E-state index is 0.243. The molecule has 0 saturated carbocycles. The van der Waals surface area contributed by atoms with Crippen LogP contribution in [0.4, 0.5) is 0 Å². The summed E-state index contributed by atoms with van der Waals surface area (Å²) in [6, 6.07) is 9.02. The summed E-state index contributed by atoms with van der Waals surface area (Å²) in [6.07, 6.45) is 1.06. The highest BCUT2D eigenvalue weighted by atomic mass is 35.5. The van der Waals surface area contributed by atoms with Crippen molar-refractivity contribution in [3.63, 3.8) is 0 Å². The number of rotatable bonds is 6. The van der Waals surface area contributed by atoms with E-state index >= 15 is 0 Å². The number of nitrogens with zero attached hydrogens (tertiary/aromatic N) is 1. The first kappa shape index (κ1) is 15.0. The average Bonchev–Trinajstić information content (AvgIpc) is 3.02. The molecule has 0 aliphatic carbocycles. The zero-order valence-corrected chi connectivity index (χ0v) is 13.6. The Hall–Kier alpha value is -0.390. The van der Waals surface area contributed by atoms with E-state index in [9.17, 15) is 0 Å². The lowest BCUT2D eigenvalue weighted by molar-refractivity contribution is 0.191. The minimum atomic E-state index is 0.243. The molecule has 2 heterocycles. The second-order valence-electron chi connectivity index (χ2n) is 4.69. The molecule has 0 aliphatic heterocycles. The van der Waals surface area contributed by atoms with Crippen molar-refractivity contribution in [1.29, 1.82) is 0 Å². The Morgan fingerprint density at radius 1 is 1.37 bits per heavy atom. The van der Waals surface area contributed by atoms with Crippen LogP contribution in [0, 0.1) is 0 Å². The third kappa shape index (κ3) is 3.80. The van der Waals surface area contributed by atoms with Crippen LogP contribution in [-0.2, 0) is 6.42 Å². The summed E-state index contributed by atoms with van der Waals surface area (Å²) in [7, 11) is 2.14. The van der Waals surface area contributed by atoms with Gasteiger partial charge in [0.05, 0.1) is 10.4 Å². The third-order valence-corrected chi connectivity index (χ3v) is 5.64. The number of hydrogen-bond donors (Lipinski definition) is 1. The summed E-state index contributed by atoms with van der Waals surface area (Å²) in [4.78, 5) is 5.01. The van der Waals surface area contributed by atoms with Crippen molar-refractivity contribution < 1.29 is 0 Å². The first-order valence-electron chi connectivity index (χ1n) is 6.31. The van der Waals surface area contributed by atoms with Crippen LogP contribution in [0.5, 0.6) is 0 Å². The van der Waals surface area contributed by atoms with Crippen LogP contribution in [-0.4, -0.2) is 24.5 Å². The highest BCUT2D eigenvalue weighted by Crippen LogP contribution is 2.30. The molecule has 2 atom stereocenters. The van der Waals surface area contributed by atoms with Crippen LogP contribution < -0.4 is 5.73 Å². The molecule has 0 spiro atoms. The van der Waals surface area contributed by atoms with Crippen LogP contribution >= 0.6 is 34.3 Å². The van der Waals surface area contributed by atoms with Gasteiger partial charge < -0.3 is 5.73 Å². The molecule has 19 heavy (non-hydrogen) atoms. The van der Waals surface area contributed by atoms with Crippen LogP contribution in [0.2, 0.25) is 4.34 Å². The van der Waals surface area contributed by atoms with Gasteiger partial charge in [0.25, 0.3) is 0 Å². The Morgan fingerprint density at radius 2 is 2.16 bits per heavy atom. The van der Waals surface area contributed by atoms with Crippen molar-refractivity contribution in [2.24, 2.45) is 5.73 Å². The maximum atomic E-state index is 6.02. The molecule has 0 amide bonds. The first-order valence-corrected chi connectivity index (χ1v) is 8.39. The number of likely N-dealkylation sites (N-methyl/N-ethyl adjacent to an activating group) is 1. The molecule has 2 unspecified atom stereocenters. The summed E-state index contributed by atoms with van der Waals surface area (Å²) in [5.41, 5.74) is 5.95. The first-order chi connectivity index (χ1) is 9.11. The molecule has 2 N–H and O–H groups in total. The van der Waals surface area contributed by atoms with Crippen LogP contribution in [0.3, 0.4) is 0 Å². The monoisotopic (exact) mass is 314 g/mol. The SMILES string of the molecule is CC(Cc1cccs1)N(C)C(CN)c1ccc(Cl)s1. The van der Waals surface area contributed by atoms with Gasteiger partial charge in [0.15, 0.2) is 0 Å². The molecule has 0 aromatic carbocycles. The molecule has 104 valence electrons. The van der Waals surface area contributed by atoms with Gasteiger partial charge in [-0.25, -0.2) is 0 Å². The second-order valence-corrected chi connectivity index (χ2v) is 7.47. The van der Waals surface area contributed by atoms with Crippen LogP contribution in [0.15, 0.2) is 29.6 Å². The number of thiophene rings is 2. The van der Waals surface area contributed by atoms with E-state index in [2.05, 4.69) is 42.5 Å². The van der Waals surface area contributed by atoms with Gasteiger partial charge in [-0.3, -0.25) is 4.90 Å². The molecule has 2 aromatic rings. The normalized spacial score (nSPS) is 14.8. The smallest absolute Gasteiger partial charge is 0.0931 e. The van der Waals surface area contributed by atoms with Crippen molar-refractivity contribution in [2.45, 2.75) is 25.4 Å². The number of hydrogen-bond acceptors (Lipinski definition) is 4. The summed E-state index contributed by atoms with van der Waals surface area (Å²) in [6.45, 7) is 2.86. The van der Waals surface area contributed by atoms with Crippen molar-refractivity contribution in [3.05, 3.63) is 43.7 Å². The average molecular weight is 315 g/mol. The molecule has 0 saturated heterocycles. The second kappa shape index (κ2) is 6.86. The number of nitrogens with two attached hydrogens (primary N) is 1. The van der Waals surface area contributed by atoms with Gasteiger partial charge in [-0.05, 0) is 44.0 Å². The van der Waals surface area contributed by atoms with Crippen LogP contribution in [0.1, 0.15) is 22.7 Å². The highest BCUT2D eigenvalue weighted by Gasteiger charge is 2.22. The van der Waals surface area contributed by atoms with Crippen molar-refractivity contribution in [3.8, 4) is 0 Å². The van der Waals surface area contributed by atoms with Gasteiger partial charge in [-0.1, -0.05) is 17.7 Å². The lowest BCUT2D eigenvalue weighted by atomic mass is 10.1. The van der Waals surface area contributed by atoms with E-state index < -0.39 is 0 Å². The van der Waals surface area contributed by atoms with Gasteiger partial charge in [0.1, 0.15) is 0 Å². The number of halogens is 1. The molecular weight excluding hydrogens is 296 g/mol. The summed E-state index contributed by atoms with van der Waals surface area (Å²) >= 11 is 9.45. The van der Waals surface area contributed by atoms with Gasteiger partial charge in [-0.15, -0.1) is 22.7 Å². The summed E-state index contributed by atoms with van der Waals surface area (Å²) in [5.74, 6) is 0. The van der Waals surface area contributed by atoms with E-state index in [1.165, 1.54) is 9.75 Å². The van der Waals surface area contributed by atoms with E-state index in [0.29, 0.717) is 12.6 Å². The molecule has 2 rings (SSSR count). The van der Waals surface area contributed by atoms with Gasteiger partial charge >= 0.3 is 0 Å². The fourth-order valence-electron chi connectivity index (χ4n) is 2.16. The molecule has 5 heteroatoms. The molecule has 0 bridgehead atoms. The predicted molar refractivity (Wildman–Crippen MR) is 86.4 cm³/mol. The van der Waals surface area contributed by atoms with E-state index in [1.807, 2.05) is 17.4 Å². The fraction of sp³-hybridized carbons (Fsp3) is 0.429. The fourth-order valence-corrected chi connectivity index (χ4v) is 4.21.